The zero-order valence-electron chi connectivity index (χ0n) is 18.4. The number of hydrogen-bond acceptors (Lipinski definition) is 7. The molecule has 0 radical (unpaired) electrons. The Labute approximate surface area is 197 Å². The van der Waals surface area contributed by atoms with Gasteiger partial charge in [0.05, 0.1) is 12.9 Å². The Hall–Kier alpha value is -3.33. The molecule has 0 bridgehead atoms. The molecule has 3 aromatic rings. The number of hydrogen-bond donors (Lipinski definition) is 1. The van der Waals surface area contributed by atoms with Gasteiger partial charge in [0, 0.05) is 38.4 Å². The van der Waals surface area contributed by atoms with Gasteiger partial charge in [-0.3, -0.25) is 4.79 Å². The zero-order valence-corrected chi connectivity index (χ0v) is 19.2. The van der Waals surface area contributed by atoms with Crippen LogP contribution in [0, 0.1) is 5.82 Å². The Morgan fingerprint density at radius 2 is 1.79 bits per heavy atom. The number of ether oxygens (including phenoxy) is 1. The minimum atomic E-state index is -0.222. The number of halogens is 1. The first-order valence-corrected chi connectivity index (χ1v) is 11.7. The molecule has 33 heavy (non-hydrogen) atoms. The molecule has 2 heterocycles. The second-order valence-corrected chi connectivity index (χ2v) is 8.59. The van der Waals surface area contributed by atoms with E-state index in [1.54, 1.807) is 7.11 Å². The standard InChI is InChI=1S/C24H26FN5O2S/c1-32-21-4-2-3-18(15-21)16-26-23(31)17-33-24-10-9-22(27-28-24)30-13-11-29(12-14-30)20-7-5-19(25)6-8-20/h2-10,15H,11-14,16-17H2,1H3,(H,26,31). The van der Waals surface area contributed by atoms with E-state index in [2.05, 4.69) is 25.3 Å². The van der Waals surface area contributed by atoms with E-state index in [0.29, 0.717) is 11.6 Å². The minimum absolute atomic E-state index is 0.0642. The number of amides is 1. The number of piperazine rings is 1. The van der Waals surface area contributed by atoms with Gasteiger partial charge in [0.25, 0.3) is 0 Å². The van der Waals surface area contributed by atoms with Gasteiger partial charge in [-0.1, -0.05) is 23.9 Å². The average Bonchev–Trinajstić information content (AvgIpc) is 2.87. The van der Waals surface area contributed by atoms with Gasteiger partial charge in [0.15, 0.2) is 5.82 Å². The Balaban J connectivity index is 1.21. The monoisotopic (exact) mass is 467 g/mol. The number of nitrogens with zero attached hydrogens (tertiary/aromatic N) is 4. The summed E-state index contributed by atoms with van der Waals surface area (Å²) in [7, 11) is 1.62. The van der Waals surface area contributed by atoms with Gasteiger partial charge in [-0.25, -0.2) is 4.39 Å². The van der Waals surface area contributed by atoms with Crippen LogP contribution in [0.2, 0.25) is 0 Å². The second-order valence-electron chi connectivity index (χ2n) is 7.60. The third kappa shape index (κ3) is 6.35. The van der Waals surface area contributed by atoms with E-state index in [0.717, 1.165) is 49.0 Å². The van der Waals surface area contributed by atoms with Gasteiger partial charge in [-0.05, 0) is 54.1 Å². The van der Waals surface area contributed by atoms with Crippen molar-refractivity contribution in [3.63, 3.8) is 0 Å². The number of aromatic nitrogens is 2. The fourth-order valence-electron chi connectivity index (χ4n) is 3.58. The van der Waals surface area contributed by atoms with Crippen LogP contribution in [-0.2, 0) is 11.3 Å². The number of carbonyl (C=O) groups is 1. The van der Waals surface area contributed by atoms with Crippen LogP contribution in [0.5, 0.6) is 5.75 Å². The first-order chi connectivity index (χ1) is 16.1. The van der Waals surface area contributed by atoms with Crippen LogP contribution < -0.4 is 19.9 Å². The van der Waals surface area contributed by atoms with Crippen LogP contribution in [0.1, 0.15) is 5.56 Å². The highest BCUT2D eigenvalue weighted by atomic mass is 32.2. The lowest BCUT2D eigenvalue weighted by molar-refractivity contribution is -0.118. The molecule has 1 N–H and O–H groups in total. The average molecular weight is 468 g/mol. The summed E-state index contributed by atoms with van der Waals surface area (Å²) in [4.78, 5) is 16.6. The maximum Gasteiger partial charge on any atom is 0.230 e. The van der Waals surface area contributed by atoms with Crippen molar-refractivity contribution in [2.45, 2.75) is 11.6 Å². The molecule has 1 aromatic heterocycles. The molecule has 1 aliphatic heterocycles. The smallest absolute Gasteiger partial charge is 0.230 e. The van der Waals surface area contributed by atoms with Crippen molar-refractivity contribution in [2.75, 3.05) is 48.8 Å². The number of benzene rings is 2. The van der Waals surface area contributed by atoms with Crippen molar-refractivity contribution in [2.24, 2.45) is 0 Å². The molecule has 4 rings (SSSR count). The van der Waals surface area contributed by atoms with Gasteiger partial charge in [-0.2, -0.15) is 0 Å². The molecular formula is C24H26FN5O2S. The lowest BCUT2D eigenvalue weighted by Crippen LogP contribution is -2.46. The molecule has 7 nitrogen and oxygen atoms in total. The summed E-state index contributed by atoms with van der Waals surface area (Å²) < 4.78 is 18.3. The fraction of sp³-hybridized carbons (Fsp3) is 0.292. The van der Waals surface area contributed by atoms with Crippen molar-refractivity contribution in [1.29, 1.82) is 0 Å². The van der Waals surface area contributed by atoms with E-state index >= 15 is 0 Å². The third-order valence-corrected chi connectivity index (χ3v) is 6.32. The summed E-state index contributed by atoms with van der Waals surface area (Å²) >= 11 is 1.36. The maximum atomic E-state index is 13.1. The van der Waals surface area contributed by atoms with Crippen LogP contribution in [0.3, 0.4) is 0 Å². The Morgan fingerprint density at radius 3 is 2.48 bits per heavy atom. The van der Waals surface area contributed by atoms with E-state index < -0.39 is 0 Å². The summed E-state index contributed by atoms with van der Waals surface area (Å²) in [5.74, 6) is 1.57. The molecule has 9 heteroatoms. The first kappa shape index (κ1) is 22.8. The maximum absolute atomic E-state index is 13.1. The molecule has 1 saturated heterocycles. The predicted molar refractivity (Wildman–Crippen MR) is 128 cm³/mol. The van der Waals surface area contributed by atoms with Gasteiger partial charge in [0.2, 0.25) is 5.91 Å². The summed E-state index contributed by atoms with van der Waals surface area (Å²) in [5, 5.41) is 12.2. The molecule has 1 amide bonds. The van der Waals surface area contributed by atoms with Gasteiger partial charge in [-0.15, -0.1) is 10.2 Å². The molecule has 1 fully saturated rings. The molecule has 1 aliphatic rings. The highest BCUT2D eigenvalue weighted by molar-refractivity contribution is 7.99. The summed E-state index contributed by atoms with van der Waals surface area (Å²) in [6.07, 6.45) is 0. The highest BCUT2D eigenvalue weighted by Crippen LogP contribution is 2.21. The molecule has 0 aliphatic carbocycles. The van der Waals surface area contributed by atoms with Gasteiger partial charge < -0.3 is 19.9 Å². The van der Waals surface area contributed by atoms with Crippen LogP contribution in [-0.4, -0.2) is 55.1 Å². The zero-order chi connectivity index (χ0) is 23.0. The number of nitrogens with one attached hydrogen (secondary N) is 1. The van der Waals surface area contributed by atoms with E-state index in [1.165, 1.54) is 23.9 Å². The normalized spacial score (nSPS) is 13.6. The topological polar surface area (TPSA) is 70.6 Å². The molecule has 172 valence electrons. The minimum Gasteiger partial charge on any atom is -0.497 e. The van der Waals surface area contributed by atoms with Crippen molar-refractivity contribution < 1.29 is 13.9 Å². The van der Waals surface area contributed by atoms with Crippen molar-refractivity contribution in [3.8, 4) is 5.75 Å². The predicted octanol–water partition coefficient (Wildman–Crippen LogP) is 3.36. The van der Waals surface area contributed by atoms with Crippen LogP contribution in [0.15, 0.2) is 65.7 Å². The Kier molecular flexibility index (Phi) is 7.62. The number of thioether (sulfide) groups is 1. The molecule has 0 atom stereocenters. The molecule has 0 unspecified atom stereocenters. The molecular weight excluding hydrogens is 441 g/mol. The number of methoxy groups -OCH3 is 1. The van der Waals surface area contributed by atoms with Crippen molar-refractivity contribution >= 4 is 29.2 Å². The Bertz CT molecular complexity index is 1060. The van der Waals surface area contributed by atoms with Gasteiger partial charge >= 0.3 is 0 Å². The molecule has 0 spiro atoms. The Morgan fingerprint density at radius 1 is 1.03 bits per heavy atom. The molecule has 0 saturated carbocycles. The van der Waals surface area contributed by atoms with Crippen LogP contribution in [0.4, 0.5) is 15.9 Å². The van der Waals surface area contributed by atoms with E-state index in [9.17, 15) is 9.18 Å². The van der Waals surface area contributed by atoms with Crippen LogP contribution >= 0.6 is 11.8 Å². The lowest BCUT2D eigenvalue weighted by atomic mass is 10.2. The summed E-state index contributed by atoms with van der Waals surface area (Å²) in [5.41, 5.74) is 2.01. The third-order valence-electron chi connectivity index (χ3n) is 5.40. The van der Waals surface area contributed by atoms with Gasteiger partial charge in [0.1, 0.15) is 16.6 Å². The van der Waals surface area contributed by atoms with E-state index in [4.69, 9.17) is 4.74 Å². The van der Waals surface area contributed by atoms with E-state index in [-0.39, 0.29) is 17.5 Å². The highest BCUT2D eigenvalue weighted by Gasteiger charge is 2.19. The SMILES string of the molecule is COc1cccc(CNC(=O)CSc2ccc(N3CCN(c4ccc(F)cc4)CC3)nn2)c1. The largest absolute Gasteiger partial charge is 0.497 e. The number of rotatable bonds is 8. The first-order valence-electron chi connectivity index (χ1n) is 10.7. The van der Waals surface area contributed by atoms with Crippen molar-refractivity contribution in [1.82, 2.24) is 15.5 Å². The van der Waals surface area contributed by atoms with Crippen molar-refractivity contribution in [3.05, 3.63) is 72.0 Å². The quantitative estimate of drug-likeness (QED) is 0.510. The summed E-state index contributed by atoms with van der Waals surface area (Å²) in [6.45, 7) is 3.73. The molecule has 2 aromatic carbocycles. The lowest BCUT2D eigenvalue weighted by Gasteiger charge is -2.36. The number of anilines is 2. The summed E-state index contributed by atoms with van der Waals surface area (Å²) in [6, 6.07) is 18.0. The van der Waals surface area contributed by atoms with E-state index in [1.807, 2.05) is 48.5 Å². The second kappa shape index (κ2) is 11.0. The van der Waals surface area contributed by atoms with Crippen LogP contribution in [0.25, 0.3) is 0 Å². The fourth-order valence-corrected chi connectivity index (χ4v) is 4.22. The number of carbonyl (C=O) groups excluding carboxylic acids is 1.